The second-order valence-corrected chi connectivity index (χ2v) is 4.24. The SMILES string of the molecule is CNCc1ccc(N(C)CC2CC2)nn1. The number of hydrogen-bond acceptors (Lipinski definition) is 4. The van der Waals surface area contributed by atoms with Gasteiger partial charge in [0.2, 0.25) is 0 Å². The maximum Gasteiger partial charge on any atom is 0.150 e. The van der Waals surface area contributed by atoms with Crippen LogP contribution in [-0.2, 0) is 6.54 Å². The first kappa shape index (κ1) is 10.4. The minimum absolute atomic E-state index is 0.777. The summed E-state index contributed by atoms with van der Waals surface area (Å²) in [4.78, 5) is 2.19. The first-order valence-electron chi connectivity index (χ1n) is 5.48. The number of hydrogen-bond donors (Lipinski definition) is 1. The Morgan fingerprint density at radius 2 is 2.20 bits per heavy atom. The van der Waals surface area contributed by atoms with Gasteiger partial charge in [-0.25, -0.2) is 0 Å². The Bertz CT molecular complexity index is 305. The van der Waals surface area contributed by atoms with Gasteiger partial charge in [0.15, 0.2) is 5.82 Å². The van der Waals surface area contributed by atoms with Crippen molar-refractivity contribution in [3.8, 4) is 0 Å². The van der Waals surface area contributed by atoms with Crippen molar-refractivity contribution < 1.29 is 0 Å². The van der Waals surface area contributed by atoms with E-state index >= 15 is 0 Å². The van der Waals surface area contributed by atoms with E-state index in [0.29, 0.717) is 0 Å². The second-order valence-electron chi connectivity index (χ2n) is 4.24. The van der Waals surface area contributed by atoms with Crippen LogP contribution >= 0.6 is 0 Å². The fraction of sp³-hybridized carbons (Fsp3) is 0.636. The van der Waals surface area contributed by atoms with E-state index in [1.807, 2.05) is 19.2 Å². The Morgan fingerprint density at radius 1 is 1.40 bits per heavy atom. The average molecular weight is 206 g/mol. The quantitative estimate of drug-likeness (QED) is 0.781. The molecule has 1 heterocycles. The van der Waals surface area contributed by atoms with Crippen molar-refractivity contribution in [2.75, 3.05) is 25.5 Å². The summed E-state index contributed by atoms with van der Waals surface area (Å²) in [6.07, 6.45) is 2.74. The molecular weight excluding hydrogens is 188 g/mol. The minimum Gasteiger partial charge on any atom is -0.358 e. The molecule has 1 aliphatic carbocycles. The van der Waals surface area contributed by atoms with Crippen LogP contribution in [0.1, 0.15) is 18.5 Å². The van der Waals surface area contributed by atoms with E-state index in [-0.39, 0.29) is 0 Å². The van der Waals surface area contributed by atoms with Crippen LogP contribution in [0.2, 0.25) is 0 Å². The normalized spacial score (nSPS) is 15.3. The van der Waals surface area contributed by atoms with Crippen LogP contribution in [0.4, 0.5) is 5.82 Å². The third-order valence-electron chi connectivity index (χ3n) is 2.68. The van der Waals surface area contributed by atoms with Crippen molar-refractivity contribution in [1.82, 2.24) is 15.5 Å². The predicted octanol–water partition coefficient (Wildman–Crippen LogP) is 1.04. The molecule has 1 aliphatic rings. The lowest BCUT2D eigenvalue weighted by atomic mass is 10.3. The zero-order valence-corrected chi connectivity index (χ0v) is 9.40. The number of aromatic nitrogens is 2. The Kier molecular flexibility index (Phi) is 3.16. The molecule has 1 aromatic rings. The van der Waals surface area contributed by atoms with E-state index in [9.17, 15) is 0 Å². The molecule has 0 saturated heterocycles. The van der Waals surface area contributed by atoms with Gasteiger partial charge in [0.05, 0.1) is 5.69 Å². The Hall–Kier alpha value is -1.16. The van der Waals surface area contributed by atoms with Crippen LogP contribution in [0.25, 0.3) is 0 Å². The summed E-state index contributed by atoms with van der Waals surface area (Å²) in [6, 6.07) is 4.07. The van der Waals surface area contributed by atoms with Crippen molar-refractivity contribution in [2.24, 2.45) is 5.92 Å². The van der Waals surface area contributed by atoms with Crippen LogP contribution in [0.3, 0.4) is 0 Å². The molecule has 4 heteroatoms. The van der Waals surface area contributed by atoms with Gasteiger partial charge in [-0.15, -0.1) is 5.10 Å². The van der Waals surface area contributed by atoms with Crippen LogP contribution < -0.4 is 10.2 Å². The van der Waals surface area contributed by atoms with E-state index in [1.54, 1.807) is 0 Å². The number of nitrogens with zero attached hydrogens (tertiary/aromatic N) is 3. The van der Waals surface area contributed by atoms with Crippen molar-refractivity contribution in [3.63, 3.8) is 0 Å². The predicted molar refractivity (Wildman–Crippen MR) is 60.8 cm³/mol. The van der Waals surface area contributed by atoms with Gasteiger partial charge in [-0.2, -0.15) is 5.10 Å². The van der Waals surface area contributed by atoms with Gasteiger partial charge in [-0.3, -0.25) is 0 Å². The van der Waals surface area contributed by atoms with Gasteiger partial charge in [-0.05, 0) is 37.9 Å². The van der Waals surface area contributed by atoms with E-state index < -0.39 is 0 Å². The standard InChI is InChI=1S/C11H18N4/c1-12-7-10-5-6-11(14-13-10)15(2)8-9-3-4-9/h5-6,9,12H,3-4,7-8H2,1-2H3. The molecule has 0 unspecified atom stereocenters. The van der Waals surface area contributed by atoms with Gasteiger partial charge in [0, 0.05) is 20.1 Å². The minimum atomic E-state index is 0.777. The molecule has 0 atom stereocenters. The van der Waals surface area contributed by atoms with Crippen molar-refractivity contribution in [2.45, 2.75) is 19.4 Å². The van der Waals surface area contributed by atoms with Crippen LogP contribution in [0.15, 0.2) is 12.1 Å². The molecule has 1 aromatic heterocycles. The van der Waals surface area contributed by atoms with E-state index in [2.05, 4.69) is 27.5 Å². The number of rotatable bonds is 5. The highest BCUT2D eigenvalue weighted by atomic mass is 15.2. The fourth-order valence-corrected chi connectivity index (χ4v) is 1.61. The Balaban J connectivity index is 1.95. The molecule has 15 heavy (non-hydrogen) atoms. The van der Waals surface area contributed by atoms with Crippen molar-refractivity contribution >= 4 is 5.82 Å². The maximum absolute atomic E-state index is 4.21. The molecule has 0 aliphatic heterocycles. The molecule has 0 spiro atoms. The first-order valence-corrected chi connectivity index (χ1v) is 5.48. The Morgan fingerprint density at radius 3 is 2.73 bits per heavy atom. The largest absolute Gasteiger partial charge is 0.358 e. The topological polar surface area (TPSA) is 41.0 Å². The Labute approximate surface area is 90.7 Å². The van der Waals surface area contributed by atoms with Crippen LogP contribution in [0.5, 0.6) is 0 Å². The van der Waals surface area contributed by atoms with E-state index in [1.165, 1.54) is 12.8 Å². The number of nitrogens with one attached hydrogen (secondary N) is 1. The average Bonchev–Trinajstić information content (AvgIpc) is 3.03. The molecule has 82 valence electrons. The van der Waals surface area contributed by atoms with Gasteiger partial charge in [0.25, 0.3) is 0 Å². The summed E-state index contributed by atoms with van der Waals surface area (Å²) in [7, 11) is 3.99. The fourth-order valence-electron chi connectivity index (χ4n) is 1.61. The zero-order valence-electron chi connectivity index (χ0n) is 9.40. The summed E-state index contributed by atoms with van der Waals surface area (Å²) in [5, 5.41) is 11.4. The molecule has 0 radical (unpaired) electrons. The molecule has 1 fully saturated rings. The van der Waals surface area contributed by atoms with Gasteiger partial charge < -0.3 is 10.2 Å². The van der Waals surface area contributed by atoms with Gasteiger partial charge in [0.1, 0.15) is 0 Å². The lowest BCUT2D eigenvalue weighted by molar-refractivity contribution is 0.741. The smallest absolute Gasteiger partial charge is 0.150 e. The van der Waals surface area contributed by atoms with Crippen LogP contribution in [0, 0.1) is 5.92 Å². The molecule has 1 N–H and O–H groups in total. The summed E-state index contributed by atoms with van der Waals surface area (Å²) in [6.45, 7) is 1.89. The van der Waals surface area contributed by atoms with Crippen molar-refractivity contribution in [3.05, 3.63) is 17.8 Å². The lowest BCUT2D eigenvalue weighted by Crippen LogP contribution is -2.21. The summed E-state index contributed by atoms with van der Waals surface area (Å²) >= 11 is 0. The molecule has 0 bridgehead atoms. The summed E-state index contributed by atoms with van der Waals surface area (Å²) < 4.78 is 0. The lowest BCUT2D eigenvalue weighted by Gasteiger charge is -2.16. The molecule has 4 nitrogen and oxygen atoms in total. The summed E-state index contributed by atoms with van der Waals surface area (Å²) in [5.74, 6) is 1.86. The number of anilines is 1. The third-order valence-corrected chi connectivity index (χ3v) is 2.68. The van der Waals surface area contributed by atoms with E-state index in [0.717, 1.165) is 30.5 Å². The van der Waals surface area contributed by atoms with Gasteiger partial charge in [-0.1, -0.05) is 0 Å². The maximum atomic E-state index is 4.21. The zero-order chi connectivity index (χ0) is 10.7. The molecule has 0 amide bonds. The second kappa shape index (κ2) is 4.57. The van der Waals surface area contributed by atoms with Gasteiger partial charge >= 0.3 is 0 Å². The highest BCUT2D eigenvalue weighted by Gasteiger charge is 2.23. The molecule has 1 saturated carbocycles. The third kappa shape index (κ3) is 2.89. The highest BCUT2D eigenvalue weighted by molar-refractivity contribution is 5.36. The molecule has 0 aromatic carbocycles. The summed E-state index contributed by atoms with van der Waals surface area (Å²) in [5.41, 5.74) is 0.987. The highest BCUT2D eigenvalue weighted by Crippen LogP contribution is 2.30. The first-order chi connectivity index (χ1) is 7.29. The van der Waals surface area contributed by atoms with E-state index in [4.69, 9.17) is 0 Å². The monoisotopic (exact) mass is 206 g/mol. The molecule has 2 rings (SSSR count). The molecular formula is C11H18N4. The van der Waals surface area contributed by atoms with Crippen molar-refractivity contribution in [1.29, 1.82) is 0 Å². The van der Waals surface area contributed by atoms with Crippen LogP contribution in [-0.4, -0.2) is 30.8 Å².